The van der Waals surface area contributed by atoms with Gasteiger partial charge in [0.15, 0.2) is 0 Å². The van der Waals surface area contributed by atoms with Gasteiger partial charge in [0.1, 0.15) is 0 Å². The van der Waals surface area contributed by atoms with Gasteiger partial charge in [0.25, 0.3) is 0 Å². The first kappa shape index (κ1) is 14.3. The summed E-state index contributed by atoms with van der Waals surface area (Å²) >= 11 is 3.41. The first-order chi connectivity index (χ1) is 9.15. The second-order valence-electron chi connectivity index (χ2n) is 4.47. The molecule has 1 saturated heterocycles. The Morgan fingerprint density at radius 1 is 1.47 bits per heavy atom. The third-order valence-electron chi connectivity index (χ3n) is 3.09. The Bertz CT molecular complexity index is 436. The number of hydrogen-bond acceptors (Lipinski definition) is 3. The van der Waals surface area contributed by atoms with Gasteiger partial charge in [-0.25, -0.2) is 4.79 Å². The molecule has 5 nitrogen and oxygen atoms in total. The highest BCUT2D eigenvalue weighted by atomic mass is 79.9. The van der Waals surface area contributed by atoms with Gasteiger partial charge in [-0.1, -0.05) is 28.1 Å². The van der Waals surface area contributed by atoms with Crippen LogP contribution < -0.4 is 5.32 Å². The zero-order chi connectivity index (χ0) is 13.7. The molecule has 19 heavy (non-hydrogen) atoms. The summed E-state index contributed by atoms with van der Waals surface area (Å²) in [4.78, 5) is 13.2. The molecule has 0 aliphatic carbocycles. The van der Waals surface area contributed by atoms with Gasteiger partial charge in [-0.3, -0.25) is 4.90 Å². The normalized spacial score (nSPS) is 17.9. The van der Waals surface area contributed by atoms with E-state index in [9.17, 15) is 4.79 Å². The maximum Gasteiger partial charge on any atom is 0.405 e. The summed E-state index contributed by atoms with van der Waals surface area (Å²) in [5.74, 6) is 0. The van der Waals surface area contributed by atoms with Gasteiger partial charge >= 0.3 is 6.09 Å². The number of carbonyl (C=O) groups is 1. The van der Waals surface area contributed by atoms with Gasteiger partial charge in [0.2, 0.25) is 0 Å². The van der Waals surface area contributed by atoms with Crippen LogP contribution in [-0.4, -0.2) is 48.9 Å². The van der Waals surface area contributed by atoms with Gasteiger partial charge in [-0.15, -0.1) is 0 Å². The molecule has 1 aromatic carbocycles. The predicted octanol–water partition coefficient (Wildman–Crippen LogP) is 2.09. The van der Waals surface area contributed by atoms with Gasteiger partial charge in [0.05, 0.1) is 19.3 Å². The highest BCUT2D eigenvalue weighted by molar-refractivity contribution is 9.10. The number of halogens is 1. The Labute approximate surface area is 120 Å². The molecule has 1 atom stereocenters. The minimum absolute atomic E-state index is 0.229. The molecule has 1 aromatic rings. The Morgan fingerprint density at radius 3 is 2.84 bits per heavy atom. The molecule has 0 radical (unpaired) electrons. The molecule has 1 fully saturated rings. The van der Waals surface area contributed by atoms with E-state index >= 15 is 0 Å². The Kier molecular flexibility index (Phi) is 5.18. The average molecular weight is 329 g/mol. The van der Waals surface area contributed by atoms with Gasteiger partial charge in [0, 0.05) is 24.1 Å². The number of nitrogens with one attached hydrogen (secondary N) is 1. The van der Waals surface area contributed by atoms with Crippen molar-refractivity contribution in [1.82, 2.24) is 10.2 Å². The highest BCUT2D eigenvalue weighted by Crippen LogP contribution is 2.19. The predicted molar refractivity (Wildman–Crippen MR) is 75.3 cm³/mol. The van der Waals surface area contributed by atoms with Crippen LogP contribution in [0.4, 0.5) is 4.79 Å². The molecule has 0 saturated carbocycles. The van der Waals surface area contributed by atoms with Crippen LogP contribution in [0.5, 0.6) is 0 Å². The highest BCUT2D eigenvalue weighted by Gasteiger charge is 2.19. The smallest absolute Gasteiger partial charge is 0.405 e. The lowest BCUT2D eigenvalue weighted by molar-refractivity contribution is 0.0335. The number of nitrogens with zero attached hydrogens (tertiary/aromatic N) is 1. The van der Waals surface area contributed by atoms with Crippen LogP contribution >= 0.6 is 15.9 Å². The van der Waals surface area contributed by atoms with E-state index in [1.807, 2.05) is 24.3 Å². The van der Waals surface area contributed by atoms with Crippen molar-refractivity contribution in [3.63, 3.8) is 0 Å². The van der Waals surface area contributed by atoms with Crippen molar-refractivity contribution < 1.29 is 14.6 Å². The summed E-state index contributed by atoms with van der Waals surface area (Å²) in [6.07, 6.45) is -1.00. The number of ether oxygens (including phenoxy) is 1. The summed E-state index contributed by atoms with van der Waals surface area (Å²) < 4.78 is 6.25. The standard InChI is InChI=1S/C13H17BrN2O3/c14-11-3-1-2-10(8-11)12(15-13(17)18)9-16-4-6-19-7-5-16/h1-3,8,12,15H,4-7,9H2,(H,17,18). The Hall–Kier alpha value is -1.11. The van der Waals surface area contributed by atoms with Crippen LogP contribution in [-0.2, 0) is 4.74 Å². The molecule has 1 amide bonds. The first-order valence-electron chi connectivity index (χ1n) is 6.20. The third kappa shape index (κ3) is 4.49. The molecular weight excluding hydrogens is 312 g/mol. The number of amides is 1. The second-order valence-corrected chi connectivity index (χ2v) is 5.39. The van der Waals surface area contributed by atoms with Crippen molar-refractivity contribution >= 4 is 22.0 Å². The van der Waals surface area contributed by atoms with Crippen molar-refractivity contribution in [1.29, 1.82) is 0 Å². The minimum atomic E-state index is -1.00. The molecule has 1 heterocycles. The van der Waals surface area contributed by atoms with E-state index < -0.39 is 6.09 Å². The zero-order valence-electron chi connectivity index (χ0n) is 10.5. The maximum atomic E-state index is 10.9. The SMILES string of the molecule is O=C(O)NC(CN1CCOCC1)c1cccc(Br)c1. The number of morpholine rings is 1. The van der Waals surface area contributed by atoms with Crippen molar-refractivity contribution in [2.24, 2.45) is 0 Å². The van der Waals surface area contributed by atoms with Crippen LogP contribution in [0.1, 0.15) is 11.6 Å². The van der Waals surface area contributed by atoms with Gasteiger partial charge in [-0.05, 0) is 17.7 Å². The lowest BCUT2D eigenvalue weighted by Gasteiger charge is -2.30. The largest absolute Gasteiger partial charge is 0.465 e. The van der Waals surface area contributed by atoms with Crippen LogP contribution in [0, 0.1) is 0 Å². The van der Waals surface area contributed by atoms with Crippen LogP contribution in [0.25, 0.3) is 0 Å². The van der Waals surface area contributed by atoms with Crippen molar-refractivity contribution in [2.75, 3.05) is 32.8 Å². The summed E-state index contributed by atoms with van der Waals surface area (Å²) in [7, 11) is 0. The minimum Gasteiger partial charge on any atom is -0.465 e. The Balaban J connectivity index is 2.08. The second kappa shape index (κ2) is 6.88. The van der Waals surface area contributed by atoms with E-state index in [-0.39, 0.29) is 6.04 Å². The molecule has 2 rings (SSSR count). The number of hydrogen-bond donors (Lipinski definition) is 2. The average Bonchev–Trinajstić information content (AvgIpc) is 2.39. The quantitative estimate of drug-likeness (QED) is 0.888. The monoisotopic (exact) mass is 328 g/mol. The van der Waals surface area contributed by atoms with Crippen molar-refractivity contribution in [3.05, 3.63) is 34.3 Å². The lowest BCUT2D eigenvalue weighted by Crippen LogP contribution is -2.42. The van der Waals surface area contributed by atoms with Gasteiger partial charge in [-0.2, -0.15) is 0 Å². The van der Waals surface area contributed by atoms with Crippen molar-refractivity contribution in [3.8, 4) is 0 Å². The fourth-order valence-electron chi connectivity index (χ4n) is 2.15. The van der Waals surface area contributed by atoms with E-state index in [4.69, 9.17) is 9.84 Å². The number of benzene rings is 1. The zero-order valence-corrected chi connectivity index (χ0v) is 12.1. The molecule has 2 N–H and O–H groups in total. The summed E-state index contributed by atoms with van der Waals surface area (Å²) in [5, 5.41) is 11.6. The topological polar surface area (TPSA) is 61.8 Å². The molecular formula is C13H17BrN2O3. The molecule has 104 valence electrons. The first-order valence-corrected chi connectivity index (χ1v) is 6.99. The molecule has 1 unspecified atom stereocenters. The summed E-state index contributed by atoms with van der Waals surface area (Å²) in [6, 6.07) is 7.49. The maximum absolute atomic E-state index is 10.9. The summed E-state index contributed by atoms with van der Waals surface area (Å²) in [6.45, 7) is 3.75. The van der Waals surface area contributed by atoms with Crippen LogP contribution in [0.3, 0.4) is 0 Å². The Morgan fingerprint density at radius 2 is 2.21 bits per heavy atom. The van der Waals surface area contributed by atoms with Gasteiger partial charge < -0.3 is 15.2 Å². The van der Waals surface area contributed by atoms with E-state index in [1.165, 1.54) is 0 Å². The van der Waals surface area contributed by atoms with Crippen LogP contribution in [0.2, 0.25) is 0 Å². The van der Waals surface area contributed by atoms with E-state index in [0.29, 0.717) is 19.8 Å². The molecule has 6 heteroatoms. The molecule has 0 spiro atoms. The lowest BCUT2D eigenvalue weighted by atomic mass is 10.1. The van der Waals surface area contributed by atoms with E-state index in [2.05, 4.69) is 26.1 Å². The fourth-order valence-corrected chi connectivity index (χ4v) is 2.57. The number of rotatable bonds is 4. The molecule has 0 aromatic heterocycles. The van der Waals surface area contributed by atoms with E-state index in [1.54, 1.807) is 0 Å². The fraction of sp³-hybridized carbons (Fsp3) is 0.462. The summed E-state index contributed by atoms with van der Waals surface area (Å²) in [5.41, 5.74) is 0.961. The molecule has 1 aliphatic heterocycles. The van der Waals surface area contributed by atoms with Crippen LogP contribution in [0.15, 0.2) is 28.7 Å². The number of carboxylic acid groups (broad SMARTS) is 1. The van der Waals surface area contributed by atoms with E-state index in [0.717, 1.165) is 23.1 Å². The molecule has 1 aliphatic rings. The van der Waals surface area contributed by atoms with Crippen molar-refractivity contribution in [2.45, 2.75) is 6.04 Å². The third-order valence-corrected chi connectivity index (χ3v) is 3.59. The molecule has 0 bridgehead atoms.